The molecule has 0 saturated carbocycles. The fraction of sp³-hybridized carbons (Fsp3) is 0.0127. The smallest absolute Gasteiger partial charge is 0.0713 e. The zero-order chi connectivity index (χ0) is 53.4. The number of para-hydroxylation sites is 3. The number of hydrogen-bond donors (Lipinski definition) is 0. The monoisotopic (exact) mass is 1030 g/mol. The normalized spacial score (nSPS) is 12.5. The first-order chi connectivity index (χ1) is 40.2. The Morgan fingerprint density at radius 3 is 1.22 bits per heavy atom. The first kappa shape index (κ1) is 46.5. The molecular formula is C79H52N2. The predicted molar refractivity (Wildman–Crippen MR) is 340 cm³/mol. The average Bonchev–Trinajstić information content (AvgIpc) is 4.34. The Morgan fingerprint density at radius 2 is 0.605 bits per heavy atom. The highest BCUT2D eigenvalue weighted by molar-refractivity contribution is 6.13. The van der Waals surface area contributed by atoms with Crippen molar-refractivity contribution in [2.45, 2.75) is 5.41 Å². The van der Waals surface area contributed by atoms with Gasteiger partial charge in [-0.05, 0) is 144 Å². The number of fused-ring (bicyclic) bond motifs is 9. The molecule has 0 radical (unpaired) electrons. The Balaban J connectivity index is 0.723. The van der Waals surface area contributed by atoms with Gasteiger partial charge in [-0.3, -0.25) is 0 Å². The number of rotatable bonds is 9. The van der Waals surface area contributed by atoms with Gasteiger partial charge in [0.15, 0.2) is 0 Å². The molecule has 0 saturated heterocycles. The highest BCUT2D eigenvalue weighted by Crippen LogP contribution is 2.56. The first-order valence-corrected chi connectivity index (χ1v) is 28.1. The quantitative estimate of drug-likeness (QED) is 0.136. The Kier molecular flexibility index (Phi) is 10.8. The van der Waals surface area contributed by atoms with Gasteiger partial charge >= 0.3 is 0 Å². The van der Waals surface area contributed by atoms with E-state index in [9.17, 15) is 0 Å². The Morgan fingerprint density at radius 1 is 0.210 bits per heavy atom. The minimum absolute atomic E-state index is 0.441. The van der Waals surface area contributed by atoms with Crippen molar-refractivity contribution in [3.63, 3.8) is 0 Å². The third-order valence-corrected chi connectivity index (χ3v) is 17.3. The molecule has 0 unspecified atom stereocenters. The van der Waals surface area contributed by atoms with Crippen molar-refractivity contribution in [1.29, 1.82) is 0 Å². The molecule has 0 bridgehead atoms. The van der Waals surface area contributed by atoms with Gasteiger partial charge in [0.1, 0.15) is 0 Å². The molecule has 2 heteroatoms. The SMILES string of the molecule is c1ccc(-c2ccccc2-n2c3ccccc3c3cc(-c4ccc5c(c4)c4ccccc4n5-c4ccc(-c5ccccc5-c5ccc(-c6cccc(C7(c8ccccc8)c8ccccc8-c8ccccc87)c6)cc5)cc4)ccc32)cc1. The fourth-order valence-corrected chi connectivity index (χ4v) is 13.6. The van der Waals surface area contributed by atoms with Crippen LogP contribution in [-0.2, 0) is 5.41 Å². The van der Waals surface area contributed by atoms with E-state index in [1.54, 1.807) is 0 Å². The highest BCUT2D eigenvalue weighted by atomic mass is 15.0. The van der Waals surface area contributed by atoms with E-state index >= 15 is 0 Å². The summed E-state index contributed by atoms with van der Waals surface area (Å²) in [5.74, 6) is 0. The molecule has 16 rings (SSSR count). The minimum atomic E-state index is -0.441. The maximum atomic E-state index is 2.44. The summed E-state index contributed by atoms with van der Waals surface area (Å²) in [6.07, 6.45) is 0. The third kappa shape index (κ3) is 7.34. The van der Waals surface area contributed by atoms with Crippen molar-refractivity contribution in [3.05, 3.63) is 338 Å². The summed E-state index contributed by atoms with van der Waals surface area (Å²) in [7, 11) is 0. The summed E-state index contributed by atoms with van der Waals surface area (Å²) in [5.41, 5.74) is 26.4. The summed E-state index contributed by atoms with van der Waals surface area (Å²) >= 11 is 0. The van der Waals surface area contributed by atoms with Gasteiger partial charge in [0.25, 0.3) is 0 Å². The zero-order valence-corrected chi connectivity index (χ0v) is 44.4. The van der Waals surface area contributed by atoms with E-state index in [2.05, 4.69) is 325 Å². The Labute approximate surface area is 471 Å². The van der Waals surface area contributed by atoms with Gasteiger partial charge in [0.05, 0.1) is 33.2 Å². The summed E-state index contributed by atoms with van der Waals surface area (Å²) in [6.45, 7) is 0. The number of hydrogen-bond acceptors (Lipinski definition) is 0. The molecule has 378 valence electrons. The van der Waals surface area contributed by atoms with Crippen LogP contribution in [0.15, 0.2) is 315 Å². The van der Waals surface area contributed by atoms with E-state index < -0.39 is 5.41 Å². The molecule has 81 heavy (non-hydrogen) atoms. The van der Waals surface area contributed by atoms with Crippen LogP contribution in [0.3, 0.4) is 0 Å². The summed E-state index contributed by atoms with van der Waals surface area (Å²) < 4.78 is 4.86. The van der Waals surface area contributed by atoms with E-state index in [1.807, 2.05) is 0 Å². The summed E-state index contributed by atoms with van der Waals surface area (Å²) in [6, 6.07) is 116. The highest BCUT2D eigenvalue weighted by Gasteiger charge is 2.46. The van der Waals surface area contributed by atoms with E-state index in [-0.39, 0.29) is 0 Å². The molecule has 0 aliphatic heterocycles. The molecule has 0 spiro atoms. The van der Waals surface area contributed by atoms with E-state index in [1.165, 1.54) is 138 Å². The lowest BCUT2D eigenvalue weighted by molar-refractivity contribution is 0.769. The Bertz CT molecular complexity index is 4860. The lowest BCUT2D eigenvalue weighted by atomic mass is 9.67. The molecule has 2 aromatic heterocycles. The largest absolute Gasteiger partial charge is 0.309 e. The second-order valence-electron chi connectivity index (χ2n) is 21.5. The average molecular weight is 1030 g/mol. The van der Waals surface area contributed by atoms with Gasteiger partial charge in [-0.15, -0.1) is 0 Å². The number of benzene rings is 13. The second-order valence-corrected chi connectivity index (χ2v) is 21.5. The van der Waals surface area contributed by atoms with Gasteiger partial charge in [0, 0.05) is 32.8 Å². The van der Waals surface area contributed by atoms with Crippen LogP contribution in [0.5, 0.6) is 0 Å². The van der Waals surface area contributed by atoms with Crippen molar-refractivity contribution < 1.29 is 0 Å². The molecular weight excluding hydrogens is 977 g/mol. The molecule has 15 aromatic rings. The van der Waals surface area contributed by atoms with Crippen LogP contribution in [0.25, 0.3) is 122 Å². The van der Waals surface area contributed by atoms with Gasteiger partial charge in [0.2, 0.25) is 0 Å². The van der Waals surface area contributed by atoms with Crippen LogP contribution in [0, 0.1) is 0 Å². The topological polar surface area (TPSA) is 9.86 Å². The van der Waals surface area contributed by atoms with Crippen molar-refractivity contribution in [2.75, 3.05) is 0 Å². The van der Waals surface area contributed by atoms with Crippen LogP contribution in [0.1, 0.15) is 22.3 Å². The fourth-order valence-electron chi connectivity index (χ4n) is 13.6. The molecule has 0 N–H and O–H groups in total. The standard InChI is InChI=1S/C79H52N2/c1-3-20-54(21-4-1)65-28-11-16-35-74(65)81-76-37-18-13-32-69(76)71-52-59(45-49-78(71)81)58-44-48-77-70(51-58)68-31-12-17-36-75(68)80(77)62-46-42-56(43-47-62)64-27-8-7-26-63(64)55-40-38-53(39-41-55)57-22-19-25-61(50-57)79(60-23-5-2-6-24-60)72-33-14-9-29-66(72)67-30-10-15-34-73(67)79/h1-52H. The van der Waals surface area contributed by atoms with Gasteiger partial charge in [-0.2, -0.15) is 0 Å². The maximum Gasteiger partial charge on any atom is 0.0713 e. The zero-order valence-electron chi connectivity index (χ0n) is 44.4. The number of nitrogens with zero attached hydrogens (tertiary/aromatic N) is 2. The lowest BCUT2D eigenvalue weighted by Crippen LogP contribution is -2.28. The van der Waals surface area contributed by atoms with Crippen LogP contribution >= 0.6 is 0 Å². The van der Waals surface area contributed by atoms with Crippen molar-refractivity contribution in [3.8, 4) is 78.1 Å². The first-order valence-electron chi connectivity index (χ1n) is 28.1. The van der Waals surface area contributed by atoms with Crippen LogP contribution in [0.4, 0.5) is 0 Å². The Hall–Kier alpha value is -10.5. The summed E-state index contributed by atoms with van der Waals surface area (Å²) in [5, 5.41) is 4.95. The van der Waals surface area contributed by atoms with E-state index in [0.29, 0.717) is 0 Å². The van der Waals surface area contributed by atoms with Crippen LogP contribution < -0.4 is 0 Å². The van der Waals surface area contributed by atoms with Gasteiger partial charge in [-0.1, -0.05) is 255 Å². The molecule has 0 atom stereocenters. The third-order valence-electron chi connectivity index (χ3n) is 17.3. The lowest BCUT2D eigenvalue weighted by Gasteiger charge is -2.34. The maximum absolute atomic E-state index is 2.44. The second kappa shape index (κ2) is 18.8. The molecule has 0 amide bonds. The predicted octanol–water partition coefficient (Wildman–Crippen LogP) is 20.6. The molecule has 2 nitrogen and oxygen atoms in total. The molecule has 1 aliphatic carbocycles. The number of aromatic nitrogens is 2. The van der Waals surface area contributed by atoms with Crippen LogP contribution in [-0.4, -0.2) is 9.13 Å². The van der Waals surface area contributed by atoms with Crippen molar-refractivity contribution in [1.82, 2.24) is 9.13 Å². The molecule has 0 fully saturated rings. The molecule has 13 aromatic carbocycles. The van der Waals surface area contributed by atoms with Crippen LogP contribution in [0.2, 0.25) is 0 Å². The molecule has 2 heterocycles. The molecule has 1 aliphatic rings. The minimum Gasteiger partial charge on any atom is -0.309 e. The van der Waals surface area contributed by atoms with Gasteiger partial charge < -0.3 is 9.13 Å². The van der Waals surface area contributed by atoms with E-state index in [4.69, 9.17) is 0 Å². The van der Waals surface area contributed by atoms with Gasteiger partial charge in [-0.25, -0.2) is 0 Å². The summed E-state index contributed by atoms with van der Waals surface area (Å²) in [4.78, 5) is 0. The van der Waals surface area contributed by atoms with Crippen molar-refractivity contribution in [2.24, 2.45) is 0 Å². The van der Waals surface area contributed by atoms with E-state index in [0.717, 1.165) is 5.69 Å². The van der Waals surface area contributed by atoms with Crippen molar-refractivity contribution >= 4 is 43.6 Å².